The maximum absolute atomic E-state index is 11.9. The summed E-state index contributed by atoms with van der Waals surface area (Å²) >= 11 is 0. The van der Waals surface area contributed by atoms with Gasteiger partial charge in [0.15, 0.2) is 0 Å². The second-order valence-electron chi connectivity index (χ2n) is 3.92. The minimum absolute atomic E-state index is 0.244. The summed E-state index contributed by atoms with van der Waals surface area (Å²) in [6, 6.07) is 8.09. The molecule has 1 amide bonds. The summed E-state index contributed by atoms with van der Waals surface area (Å²) in [5, 5.41) is 2.75. The zero-order valence-corrected chi connectivity index (χ0v) is 9.86. The van der Waals surface area contributed by atoms with Crippen molar-refractivity contribution in [2.75, 3.05) is 11.1 Å². The lowest BCUT2D eigenvalue weighted by Gasteiger charge is -2.09. The van der Waals surface area contributed by atoms with Crippen LogP contribution in [0, 0.1) is 6.92 Å². The van der Waals surface area contributed by atoms with E-state index in [0.717, 1.165) is 5.56 Å². The molecule has 2 rings (SSSR count). The zero-order chi connectivity index (χ0) is 13.1. The Hall–Kier alpha value is -2.56. The molecule has 1 aromatic carbocycles. The van der Waals surface area contributed by atoms with Crippen LogP contribution >= 0.6 is 0 Å². The highest BCUT2D eigenvalue weighted by Crippen LogP contribution is 2.20. The second-order valence-corrected chi connectivity index (χ2v) is 3.92. The van der Waals surface area contributed by atoms with Gasteiger partial charge in [0.25, 0.3) is 5.91 Å². The van der Waals surface area contributed by atoms with Gasteiger partial charge in [-0.05, 0) is 30.7 Å². The fourth-order valence-corrected chi connectivity index (χ4v) is 1.54. The Kier molecular flexibility index (Phi) is 3.14. The molecule has 4 N–H and O–H groups in total. The minimum Gasteiger partial charge on any atom is -0.398 e. The lowest BCUT2D eigenvalue weighted by Crippen LogP contribution is -2.15. The van der Waals surface area contributed by atoms with Gasteiger partial charge in [-0.2, -0.15) is 0 Å². The number of amides is 1. The van der Waals surface area contributed by atoms with Crippen LogP contribution in [0.5, 0.6) is 0 Å². The molecule has 2 aromatic rings. The fourth-order valence-electron chi connectivity index (χ4n) is 1.54. The van der Waals surface area contributed by atoms with E-state index in [9.17, 15) is 9.59 Å². The number of pyridine rings is 1. The van der Waals surface area contributed by atoms with Gasteiger partial charge < -0.3 is 16.0 Å². The number of benzene rings is 1. The Morgan fingerprint density at radius 3 is 2.72 bits per heavy atom. The quantitative estimate of drug-likeness (QED) is 0.699. The highest BCUT2D eigenvalue weighted by molar-refractivity contribution is 6.04. The lowest BCUT2D eigenvalue weighted by atomic mass is 10.1. The molecule has 0 aliphatic rings. The minimum atomic E-state index is -0.292. The van der Waals surface area contributed by atoms with Crippen LogP contribution in [-0.2, 0) is 0 Å². The molecule has 0 bridgehead atoms. The maximum atomic E-state index is 11.9. The first-order chi connectivity index (χ1) is 8.58. The van der Waals surface area contributed by atoms with Crippen LogP contribution in [0.1, 0.15) is 15.9 Å². The third-order valence-corrected chi connectivity index (χ3v) is 2.67. The van der Waals surface area contributed by atoms with Crippen molar-refractivity contribution in [3.8, 4) is 0 Å². The average molecular weight is 243 g/mol. The number of aromatic nitrogens is 1. The van der Waals surface area contributed by atoms with Crippen molar-refractivity contribution < 1.29 is 4.79 Å². The number of H-pyrrole nitrogens is 1. The van der Waals surface area contributed by atoms with E-state index >= 15 is 0 Å². The molecule has 0 saturated heterocycles. The molecular weight excluding hydrogens is 230 g/mol. The molecule has 0 fully saturated rings. The predicted octanol–water partition coefficient (Wildman–Crippen LogP) is 1.52. The summed E-state index contributed by atoms with van der Waals surface area (Å²) in [7, 11) is 0. The van der Waals surface area contributed by atoms with Crippen LogP contribution < -0.4 is 16.6 Å². The average Bonchev–Trinajstić information content (AvgIpc) is 2.36. The van der Waals surface area contributed by atoms with Crippen LogP contribution in [0.25, 0.3) is 0 Å². The van der Waals surface area contributed by atoms with Crippen molar-refractivity contribution in [3.05, 3.63) is 58.0 Å². The molecule has 5 nitrogen and oxygen atoms in total. The summed E-state index contributed by atoms with van der Waals surface area (Å²) in [4.78, 5) is 25.3. The number of hydrogen-bond acceptors (Lipinski definition) is 3. The van der Waals surface area contributed by atoms with Crippen molar-refractivity contribution in [2.45, 2.75) is 6.92 Å². The van der Waals surface area contributed by atoms with Gasteiger partial charge in [0.1, 0.15) is 0 Å². The number of anilines is 2. The Labute approximate surface area is 104 Å². The van der Waals surface area contributed by atoms with E-state index in [-0.39, 0.29) is 11.5 Å². The van der Waals surface area contributed by atoms with Gasteiger partial charge in [-0.25, -0.2) is 0 Å². The topological polar surface area (TPSA) is 88.0 Å². The number of aromatic amines is 1. The smallest absolute Gasteiger partial charge is 0.257 e. The van der Waals surface area contributed by atoms with Gasteiger partial charge in [0.05, 0.1) is 5.56 Å². The van der Waals surface area contributed by atoms with E-state index in [1.165, 1.54) is 18.3 Å². The highest BCUT2D eigenvalue weighted by Gasteiger charge is 2.08. The molecule has 0 aliphatic heterocycles. The van der Waals surface area contributed by atoms with Crippen molar-refractivity contribution in [1.29, 1.82) is 0 Å². The number of nitrogens with one attached hydrogen (secondary N) is 2. The SMILES string of the molecule is Cc1c(N)cccc1NC(=O)c1ccc(=O)[nH]c1. The molecule has 0 atom stereocenters. The van der Waals surface area contributed by atoms with E-state index < -0.39 is 0 Å². The second kappa shape index (κ2) is 4.75. The molecule has 0 radical (unpaired) electrons. The van der Waals surface area contributed by atoms with E-state index in [0.29, 0.717) is 16.9 Å². The van der Waals surface area contributed by atoms with Crippen molar-refractivity contribution in [2.24, 2.45) is 0 Å². The van der Waals surface area contributed by atoms with Gasteiger partial charge in [0.2, 0.25) is 5.56 Å². The number of hydrogen-bond donors (Lipinski definition) is 3. The molecule has 1 heterocycles. The number of rotatable bonds is 2. The van der Waals surface area contributed by atoms with E-state index in [1.807, 2.05) is 6.92 Å². The molecular formula is C13H13N3O2. The van der Waals surface area contributed by atoms with Crippen molar-refractivity contribution in [3.63, 3.8) is 0 Å². The van der Waals surface area contributed by atoms with Crippen LogP contribution in [-0.4, -0.2) is 10.9 Å². The first-order valence-corrected chi connectivity index (χ1v) is 5.43. The Morgan fingerprint density at radius 2 is 2.06 bits per heavy atom. The molecule has 0 aliphatic carbocycles. The van der Waals surface area contributed by atoms with Crippen LogP contribution in [0.2, 0.25) is 0 Å². The molecule has 18 heavy (non-hydrogen) atoms. The number of nitrogens with two attached hydrogens (primary N) is 1. The van der Waals surface area contributed by atoms with E-state index in [2.05, 4.69) is 10.3 Å². The van der Waals surface area contributed by atoms with Crippen LogP contribution in [0.3, 0.4) is 0 Å². The Balaban J connectivity index is 2.24. The Morgan fingerprint density at radius 1 is 1.28 bits per heavy atom. The van der Waals surface area contributed by atoms with Gasteiger partial charge in [0, 0.05) is 23.6 Å². The van der Waals surface area contributed by atoms with E-state index in [4.69, 9.17) is 5.73 Å². The largest absolute Gasteiger partial charge is 0.398 e. The first-order valence-electron chi connectivity index (χ1n) is 5.43. The van der Waals surface area contributed by atoms with E-state index in [1.54, 1.807) is 18.2 Å². The normalized spacial score (nSPS) is 10.1. The third kappa shape index (κ3) is 2.40. The molecule has 5 heteroatoms. The number of carbonyl (C=O) groups excluding carboxylic acids is 1. The third-order valence-electron chi connectivity index (χ3n) is 2.67. The monoisotopic (exact) mass is 243 g/mol. The summed E-state index contributed by atoms with van der Waals surface area (Å²) in [5.74, 6) is -0.292. The summed E-state index contributed by atoms with van der Waals surface area (Å²) in [5.41, 5.74) is 7.99. The fraction of sp³-hybridized carbons (Fsp3) is 0.0769. The van der Waals surface area contributed by atoms with Crippen molar-refractivity contribution >= 4 is 17.3 Å². The standard InChI is InChI=1S/C13H13N3O2/c1-8-10(14)3-2-4-11(8)16-13(18)9-5-6-12(17)15-7-9/h2-7H,14H2,1H3,(H,15,17)(H,16,18). The summed E-state index contributed by atoms with van der Waals surface area (Å²) in [6.07, 6.45) is 1.37. The number of nitrogen functional groups attached to an aromatic ring is 1. The summed E-state index contributed by atoms with van der Waals surface area (Å²) < 4.78 is 0. The van der Waals surface area contributed by atoms with Gasteiger partial charge in [-0.1, -0.05) is 6.07 Å². The number of carbonyl (C=O) groups is 1. The highest BCUT2D eigenvalue weighted by atomic mass is 16.1. The van der Waals surface area contributed by atoms with Gasteiger partial charge in [-0.3, -0.25) is 9.59 Å². The van der Waals surface area contributed by atoms with Crippen molar-refractivity contribution in [1.82, 2.24) is 4.98 Å². The molecule has 0 saturated carbocycles. The maximum Gasteiger partial charge on any atom is 0.257 e. The zero-order valence-electron chi connectivity index (χ0n) is 9.86. The molecule has 1 aromatic heterocycles. The van der Waals surface area contributed by atoms with Gasteiger partial charge >= 0.3 is 0 Å². The lowest BCUT2D eigenvalue weighted by molar-refractivity contribution is 0.102. The molecule has 0 spiro atoms. The van der Waals surface area contributed by atoms with Gasteiger partial charge in [-0.15, -0.1) is 0 Å². The van der Waals surface area contributed by atoms with Crippen LogP contribution in [0.4, 0.5) is 11.4 Å². The summed E-state index contributed by atoms with van der Waals surface area (Å²) in [6.45, 7) is 1.83. The molecule has 0 unspecified atom stereocenters. The predicted molar refractivity (Wildman–Crippen MR) is 70.6 cm³/mol. The molecule has 92 valence electrons. The van der Waals surface area contributed by atoms with Crippen LogP contribution in [0.15, 0.2) is 41.3 Å². The first kappa shape index (κ1) is 11.9. The Bertz CT molecular complexity index is 626.